The molecule has 2 amide bonds. The molecular weight excluding hydrogens is 428 g/mol. The first-order valence-corrected chi connectivity index (χ1v) is 13.2. The molecule has 0 radical (unpaired) electrons. The van der Waals surface area contributed by atoms with Crippen molar-refractivity contribution < 1.29 is 18.0 Å². The van der Waals surface area contributed by atoms with E-state index in [0.29, 0.717) is 31.7 Å². The van der Waals surface area contributed by atoms with Crippen molar-refractivity contribution in [2.24, 2.45) is 0 Å². The molecule has 1 aromatic rings. The van der Waals surface area contributed by atoms with Crippen molar-refractivity contribution in [2.75, 3.05) is 44.2 Å². The number of sulfonamides is 1. The first kappa shape index (κ1) is 23.2. The van der Waals surface area contributed by atoms with Crippen molar-refractivity contribution in [1.29, 1.82) is 0 Å². The average Bonchev–Trinajstić information content (AvgIpc) is 3.45. The van der Waals surface area contributed by atoms with Crippen molar-refractivity contribution in [3.8, 4) is 0 Å². The Hall–Kier alpha value is -1.97. The highest BCUT2D eigenvalue weighted by molar-refractivity contribution is 7.89. The Balaban J connectivity index is 1.41. The van der Waals surface area contributed by atoms with E-state index in [1.165, 1.54) is 35.4 Å². The van der Waals surface area contributed by atoms with Gasteiger partial charge in [0.1, 0.15) is 6.04 Å². The zero-order valence-electron chi connectivity index (χ0n) is 18.9. The van der Waals surface area contributed by atoms with Gasteiger partial charge in [0.25, 0.3) is 0 Å². The smallest absolute Gasteiger partial charge is 0.243 e. The molecule has 0 bridgehead atoms. The molecule has 0 unspecified atom stereocenters. The number of anilines is 1. The molecular formula is C23H34N4O4S. The molecule has 3 aliphatic rings. The summed E-state index contributed by atoms with van der Waals surface area (Å²) in [6, 6.07) is 4.23. The maximum absolute atomic E-state index is 12.9. The fourth-order valence-electron chi connectivity index (χ4n) is 5.08. The zero-order chi connectivity index (χ0) is 22.7. The van der Waals surface area contributed by atoms with E-state index in [2.05, 4.69) is 10.2 Å². The summed E-state index contributed by atoms with van der Waals surface area (Å²) < 4.78 is 27.4. The van der Waals surface area contributed by atoms with Crippen LogP contribution in [0.15, 0.2) is 23.1 Å². The quantitative estimate of drug-likeness (QED) is 0.624. The highest BCUT2D eigenvalue weighted by atomic mass is 32.2. The van der Waals surface area contributed by atoms with E-state index in [1.54, 1.807) is 18.2 Å². The van der Waals surface area contributed by atoms with Gasteiger partial charge in [-0.15, -0.1) is 0 Å². The SMILES string of the molecule is CC(=O)N1c2ccc(S(=O)(=O)N3CCCC3)cc2C[C@H]1C(=O)NCCCN1CCCCC1. The number of nitrogens with zero attached hydrogens (tertiary/aromatic N) is 3. The number of nitrogens with one attached hydrogen (secondary N) is 1. The second-order valence-electron chi connectivity index (χ2n) is 9.06. The highest BCUT2D eigenvalue weighted by Gasteiger charge is 2.38. The molecule has 4 rings (SSSR count). The lowest BCUT2D eigenvalue weighted by molar-refractivity contribution is -0.125. The predicted octanol–water partition coefficient (Wildman–Crippen LogP) is 1.74. The summed E-state index contributed by atoms with van der Waals surface area (Å²) in [5, 5.41) is 2.99. The van der Waals surface area contributed by atoms with Gasteiger partial charge < -0.3 is 10.2 Å². The maximum Gasteiger partial charge on any atom is 0.243 e. The predicted molar refractivity (Wildman–Crippen MR) is 123 cm³/mol. The van der Waals surface area contributed by atoms with E-state index in [1.807, 2.05) is 0 Å². The highest BCUT2D eigenvalue weighted by Crippen LogP contribution is 2.35. The molecule has 9 heteroatoms. The molecule has 0 aliphatic carbocycles. The first-order chi connectivity index (χ1) is 15.4. The molecule has 8 nitrogen and oxygen atoms in total. The first-order valence-electron chi connectivity index (χ1n) is 11.8. The average molecular weight is 463 g/mol. The summed E-state index contributed by atoms with van der Waals surface area (Å²) >= 11 is 0. The minimum atomic E-state index is -3.54. The van der Waals surface area contributed by atoms with Crippen LogP contribution in [0, 0.1) is 0 Å². The molecule has 1 N–H and O–H groups in total. The van der Waals surface area contributed by atoms with Crippen LogP contribution in [0.25, 0.3) is 0 Å². The Kier molecular flexibility index (Phi) is 7.17. The third kappa shape index (κ3) is 4.84. The largest absolute Gasteiger partial charge is 0.354 e. The third-order valence-electron chi connectivity index (χ3n) is 6.78. The third-order valence-corrected chi connectivity index (χ3v) is 8.67. The summed E-state index contributed by atoms with van der Waals surface area (Å²) in [5.74, 6) is -0.397. The number of likely N-dealkylation sites (tertiary alicyclic amines) is 1. The van der Waals surface area contributed by atoms with Gasteiger partial charge in [0.05, 0.1) is 4.90 Å². The molecule has 32 heavy (non-hydrogen) atoms. The normalized spacial score (nSPS) is 22.2. The molecule has 3 aliphatic heterocycles. The summed E-state index contributed by atoms with van der Waals surface area (Å²) in [6.45, 7) is 6.34. The molecule has 176 valence electrons. The van der Waals surface area contributed by atoms with Gasteiger partial charge in [-0.05, 0) is 75.5 Å². The molecule has 0 aromatic heterocycles. The molecule has 3 heterocycles. The van der Waals surface area contributed by atoms with Crippen LogP contribution >= 0.6 is 0 Å². The molecule has 1 atom stereocenters. The molecule has 2 fully saturated rings. The van der Waals surface area contributed by atoms with E-state index >= 15 is 0 Å². The summed E-state index contributed by atoms with van der Waals surface area (Å²) in [6.07, 6.45) is 6.76. The van der Waals surface area contributed by atoms with Crippen LogP contribution in [0.3, 0.4) is 0 Å². The number of amides is 2. The Bertz CT molecular complexity index is 953. The topological polar surface area (TPSA) is 90.0 Å². The van der Waals surface area contributed by atoms with Gasteiger partial charge in [-0.1, -0.05) is 6.42 Å². The fourth-order valence-corrected chi connectivity index (χ4v) is 6.65. The molecule has 2 saturated heterocycles. The second kappa shape index (κ2) is 9.89. The van der Waals surface area contributed by atoms with Crippen LogP contribution in [0.4, 0.5) is 5.69 Å². The van der Waals surface area contributed by atoms with Crippen molar-refractivity contribution >= 4 is 27.5 Å². The van der Waals surface area contributed by atoms with Crippen LogP contribution in [0.1, 0.15) is 51.0 Å². The van der Waals surface area contributed by atoms with E-state index in [0.717, 1.165) is 44.5 Å². The van der Waals surface area contributed by atoms with Gasteiger partial charge in [-0.25, -0.2) is 8.42 Å². The minimum absolute atomic E-state index is 0.181. The lowest BCUT2D eigenvalue weighted by atomic mass is 10.1. The second-order valence-corrected chi connectivity index (χ2v) is 11.0. The van der Waals surface area contributed by atoms with Gasteiger partial charge in [-0.2, -0.15) is 4.31 Å². The fraction of sp³-hybridized carbons (Fsp3) is 0.652. The Morgan fingerprint density at radius 2 is 1.72 bits per heavy atom. The van der Waals surface area contributed by atoms with Crippen LogP contribution < -0.4 is 10.2 Å². The van der Waals surface area contributed by atoms with Crippen LogP contribution in [-0.2, 0) is 26.0 Å². The lowest BCUT2D eigenvalue weighted by Crippen LogP contribution is -2.47. The zero-order valence-corrected chi connectivity index (χ0v) is 19.7. The number of piperidine rings is 1. The summed E-state index contributed by atoms with van der Waals surface area (Å²) in [5.41, 5.74) is 1.36. The van der Waals surface area contributed by atoms with Gasteiger partial charge in [0.2, 0.25) is 21.8 Å². The monoisotopic (exact) mass is 462 g/mol. The van der Waals surface area contributed by atoms with Crippen LogP contribution in [0.5, 0.6) is 0 Å². The number of carbonyl (C=O) groups excluding carboxylic acids is 2. The van der Waals surface area contributed by atoms with Crippen molar-refractivity contribution in [3.63, 3.8) is 0 Å². The number of rotatable bonds is 7. The van der Waals surface area contributed by atoms with Gasteiger partial charge >= 0.3 is 0 Å². The number of benzene rings is 1. The molecule has 1 aromatic carbocycles. The van der Waals surface area contributed by atoms with Gasteiger partial charge in [0.15, 0.2) is 0 Å². The molecule has 0 spiro atoms. The number of hydrogen-bond acceptors (Lipinski definition) is 5. The number of fused-ring (bicyclic) bond motifs is 1. The van der Waals surface area contributed by atoms with Gasteiger partial charge in [0, 0.05) is 38.7 Å². The summed E-state index contributed by atoms with van der Waals surface area (Å²) in [7, 11) is -3.54. The van der Waals surface area contributed by atoms with Gasteiger partial charge in [-0.3, -0.25) is 14.5 Å². The number of hydrogen-bond donors (Lipinski definition) is 1. The standard InChI is InChI=1S/C23H34N4O4S/c1-18(28)27-21-9-8-20(32(30,31)26-14-5-6-15-26)16-19(21)17-22(27)23(29)24-10-7-13-25-11-3-2-4-12-25/h8-9,16,22H,2-7,10-15,17H2,1H3,(H,24,29)/t22-/m0/s1. The Labute approximate surface area is 191 Å². The number of carbonyl (C=O) groups is 2. The van der Waals surface area contributed by atoms with Crippen molar-refractivity contribution in [1.82, 2.24) is 14.5 Å². The van der Waals surface area contributed by atoms with Crippen molar-refractivity contribution in [3.05, 3.63) is 23.8 Å². The van der Waals surface area contributed by atoms with Crippen molar-refractivity contribution in [2.45, 2.75) is 62.8 Å². The lowest BCUT2D eigenvalue weighted by Gasteiger charge is -2.26. The maximum atomic E-state index is 12.9. The molecule has 0 saturated carbocycles. The Morgan fingerprint density at radius 1 is 1.03 bits per heavy atom. The minimum Gasteiger partial charge on any atom is -0.354 e. The van der Waals surface area contributed by atoms with E-state index < -0.39 is 16.1 Å². The van der Waals surface area contributed by atoms with E-state index in [-0.39, 0.29) is 16.7 Å². The van der Waals surface area contributed by atoms with Crippen LogP contribution in [-0.4, -0.2) is 74.7 Å². The van der Waals surface area contributed by atoms with E-state index in [4.69, 9.17) is 0 Å². The van der Waals surface area contributed by atoms with E-state index in [9.17, 15) is 18.0 Å². The summed E-state index contributed by atoms with van der Waals surface area (Å²) in [4.78, 5) is 29.5. The Morgan fingerprint density at radius 3 is 2.41 bits per heavy atom. The van der Waals surface area contributed by atoms with Crippen LogP contribution in [0.2, 0.25) is 0 Å².